The fraction of sp³-hybridized carbons (Fsp3) is 0.400. The molecule has 0 amide bonds. The monoisotopic (exact) mass is 1160 g/mol. The highest BCUT2D eigenvalue weighted by Crippen LogP contribution is 2.52. The number of fused-ring (bicyclic) bond motifs is 5. The first-order chi connectivity index (χ1) is 36.8. The summed E-state index contributed by atoms with van der Waals surface area (Å²) in [5.41, 5.74) is 24.1. The Balaban J connectivity index is 0.954. The molecule has 75 heavy (non-hydrogen) atoms. The summed E-state index contributed by atoms with van der Waals surface area (Å²) in [6.07, 6.45) is 22.7. The van der Waals surface area contributed by atoms with E-state index in [9.17, 15) is 0 Å². The van der Waals surface area contributed by atoms with Crippen molar-refractivity contribution in [3.05, 3.63) is 82.6 Å². The minimum absolute atomic E-state index is 0.776. The van der Waals surface area contributed by atoms with Gasteiger partial charge >= 0.3 is 0 Å². The predicted molar refractivity (Wildman–Crippen MR) is 341 cm³/mol. The molecule has 15 heteroatoms. The van der Waals surface area contributed by atoms with E-state index in [4.69, 9.17) is 29.0 Å². The van der Waals surface area contributed by atoms with Crippen molar-refractivity contribution in [2.45, 2.75) is 155 Å². The van der Waals surface area contributed by atoms with Gasteiger partial charge in [0, 0.05) is 92.2 Å². The summed E-state index contributed by atoms with van der Waals surface area (Å²) in [4.78, 5) is 15.9. The summed E-state index contributed by atoms with van der Waals surface area (Å²) in [5.74, 6) is 0. The Morgan fingerprint density at radius 3 is 1.17 bits per heavy atom. The van der Waals surface area contributed by atoms with Crippen molar-refractivity contribution >= 4 is 143 Å². The Labute approximate surface area is 477 Å². The first kappa shape index (κ1) is 53.1. The second-order valence-electron chi connectivity index (χ2n) is 20.6. The van der Waals surface area contributed by atoms with E-state index < -0.39 is 8.07 Å². The summed E-state index contributed by atoms with van der Waals surface area (Å²) >= 11 is 14.0. The first-order valence-electron chi connectivity index (χ1n) is 27.6. The first-order valence-corrected chi connectivity index (χ1v) is 36.4. The van der Waals surface area contributed by atoms with Crippen LogP contribution in [0.3, 0.4) is 0 Å². The van der Waals surface area contributed by atoms with Gasteiger partial charge in [0.1, 0.15) is 30.1 Å². The molecule has 1 aliphatic heterocycles. The van der Waals surface area contributed by atoms with E-state index in [1.165, 1.54) is 210 Å². The third-order valence-electron chi connectivity index (χ3n) is 15.4. The number of thiophene rings is 6. The minimum atomic E-state index is -2.26. The van der Waals surface area contributed by atoms with Gasteiger partial charge in [0.25, 0.3) is 0 Å². The Morgan fingerprint density at radius 2 is 0.747 bits per heavy atom. The van der Waals surface area contributed by atoms with E-state index in [-0.39, 0.29) is 0 Å². The number of hydrogen-bond acceptors (Lipinski definition) is 14. The second kappa shape index (κ2) is 24.0. The largest absolute Gasteiger partial charge is 0.398 e. The van der Waals surface area contributed by atoms with Gasteiger partial charge in [-0.1, -0.05) is 118 Å². The van der Waals surface area contributed by atoms with E-state index in [0.29, 0.717) is 0 Å². The second-order valence-corrected chi connectivity index (χ2v) is 32.5. The van der Waals surface area contributed by atoms with Crippen LogP contribution in [0.15, 0.2) is 72.8 Å². The molecule has 0 aliphatic carbocycles. The minimum Gasteiger partial charge on any atom is -0.398 e. The zero-order valence-corrected chi connectivity index (χ0v) is 51.3. The molecule has 9 heterocycles. The van der Waals surface area contributed by atoms with Gasteiger partial charge in [-0.05, 0) is 121 Å². The maximum Gasteiger partial charge on any atom is 0.122 e. The van der Waals surface area contributed by atoms with Crippen LogP contribution in [0.5, 0.6) is 0 Å². The van der Waals surface area contributed by atoms with Crippen molar-refractivity contribution in [3.63, 3.8) is 0 Å². The molecule has 10 aromatic rings. The van der Waals surface area contributed by atoms with Crippen molar-refractivity contribution < 1.29 is 0 Å². The van der Waals surface area contributed by atoms with Crippen molar-refractivity contribution in [2.75, 3.05) is 11.5 Å². The van der Waals surface area contributed by atoms with Crippen LogP contribution in [0.2, 0.25) is 12.1 Å². The SMILES string of the molecule is CCCCCCc1ccc(-c2ccc(-c3cc(N)c(-c4cc5c(s4)-c4sc(-c6c(N)cc(-c7ccc(-c8ccc(CCCCCC)s8)s7)c7nsnc67)cc4[Si]5(CCCCCC)CCCCCC)c4nsnc34)s2)s1. The zero-order chi connectivity index (χ0) is 51.5. The van der Waals surface area contributed by atoms with Gasteiger partial charge in [-0.15, -0.1) is 68.0 Å². The molecule has 0 fully saturated rings. The third-order valence-corrected chi connectivity index (χ3v) is 29.4. The number of hydrogen-bond donors (Lipinski definition) is 2. The number of unbranched alkanes of at least 4 members (excludes halogenated alkanes) is 12. The van der Waals surface area contributed by atoms with Crippen LogP contribution in [-0.2, 0) is 12.8 Å². The molecule has 2 aromatic carbocycles. The molecule has 0 atom stereocenters. The molecule has 1 aliphatic rings. The van der Waals surface area contributed by atoms with E-state index in [1.54, 1.807) is 10.4 Å². The lowest BCUT2D eigenvalue weighted by Crippen LogP contribution is -2.54. The number of nitrogens with zero attached hydrogens (tertiary/aromatic N) is 4. The molecule has 6 nitrogen and oxygen atoms in total. The Bertz CT molecular complexity index is 3310. The molecule has 0 saturated carbocycles. The Hall–Kier alpha value is -3.90. The third kappa shape index (κ3) is 10.7. The summed E-state index contributed by atoms with van der Waals surface area (Å²) in [6, 6.07) is 30.4. The molecule has 0 unspecified atom stereocenters. The van der Waals surface area contributed by atoms with Gasteiger partial charge in [0.15, 0.2) is 0 Å². The zero-order valence-electron chi connectivity index (χ0n) is 43.8. The normalized spacial score (nSPS) is 13.0. The number of nitrogens with two attached hydrogens (primary N) is 2. The molecule has 8 aromatic heterocycles. The van der Waals surface area contributed by atoms with Gasteiger partial charge in [-0.25, -0.2) is 0 Å². The van der Waals surface area contributed by atoms with Gasteiger partial charge < -0.3 is 11.5 Å². The smallest absolute Gasteiger partial charge is 0.122 e. The van der Waals surface area contributed by atoms with Crippen LogP contribution in [0.1, 0.15) is 140 Å². The number of benzene rings is 2. The molecular formula is C60H68N6S8Si. The molecule has 0 radical (unpaired) electrons. The number of aromatic nitrogens is 4. The lowest BCUT2D eigenvalue weighted by atomic mass is 10.0. The summed E-state index contributed by atoms with van der Waals surface area (Å²) in [5, 5.41) is 3.22. The topological polar surface area (TPSA) is 104 Å². The Kier molecular flexibility index (Phi) is 17.0. The van der Waals surface area contributed by atoms with Crippen LogP contribution >= 0.6 is 91.5 Å². The highest BCUT2D eigenvalue weighted by Gasteiger charge is 2.48. The molecule has 4 N–H and O–H groups in total. The van der Waals surface area contributed by atoms with Crippen LogP contribution < -0.4 is 21.8 Å². The van der Waals surface area contributed by atoms with Crippen molar-refractivity contribution in [1.82, 2.24) is 17.5 Å². The lowest BCUT2D eigenvalue weighted by Gasteiger charge is -2.29. The summed E-state index contributed by atoms with van der Waals surface area (Å²) < 4.78 is 20.1. The average Bonchev–Trinajstić information content (AvgIpc) is 4.29. The van der Waals surface area contributed by atoms with Gasteiger partial charge in [-0.2, -0.15) is 17.5 Å². The number of nitrogen functional groups attached to an aromatic ring is 2. The molecule has 0 bridgehead atoms. The van der Waals surface area contributed by atoms with Gasteiger partial charge in [0.2, 0.25) is 0 Å². The van der Waals surface area contributed by atoms with Gasteiger partial charge in [0.05, 0.1) is 23.5 Å². The van der Waals surface area contributed by atoms with E-state index in [0.717, 1.165) is 55.7 Å². The van der Waals surface area contributed by atoms with Crippen LogP contribution in [0.4, 0.5) is 11.4 Å². The summed E-state index contributed by atoms with van der Waals surface area (Å²) in [6.45, 7) is 9.21. The Morgan fingerprint density at radius 1 is 0.373 bits per heavy atom. The van der Waals surface area contributed by atoms with E-state index in [2.05, 4.69) is 100 Å². The fourth-order valence-corrected chi connectivity index (χ4v) is 26.4. The molecular weight excluding hydrogens is 1090 g/mol. The van der Waals surface area contributed by atoms with Crippen LogP contribution in [0.25, 0.3) is 93.1 Å². The molecule has 0 spiro atoms. The van der Waals surface area contributed by atoms with Crippen LogP contribution in [0, 0.1) is 0 Å². The quantitative estimate of drug-likeness (QED) is 0.0318. The van der Waals surface area contributed by atoms with Crippen molar-refractivity contribution in [3.8, 4) is 71.0 Å². The lowest BCUT2D eigenvalue weighted by molar-refractivity contribution is 0.670. The molecule has 11 rings (SSSR count). The molecule has 390 valence electrons. The van der Waals surface area contributed by atoms with Crippen LogP contribution in [-0.4, -0.2) is 25.6 Å². The maximum atomic E-state index is 7.30. The summed E-state index contributed by atoms with van der Waals surface area (Å²) in [7, 11) is -2.26. The fourth-order valence-electron chi connectivity index (χ4n) is 11.4. The van der Waals surface area contributed by atoms with Crippen molar-refractivity contribution in [1.29, 1.82) is 0 Å². The number of rotatable bonds is 26. The molecule has 0 saturated heterocycles. The highest BCUT2D eigenvalue weighted by molar-refractivity contribution is 7.32. The highest BCUT2D eigenvalue weighted by atomic mass is 32.1. The van der Waals surface area contributed by atoms with Crippen molar-refractivity contribution in [2.24, 2.45) is 0 Å². The number of anilines is 2. The maximum absolute atomic E-state index is 7.30. The predicted octanol–water partition coefficient (Wildman–Crippen LogP) is 20.2. The average molecular weight is 1160 g/mol. The van der Waals surface area contributed by atoms with E-state index in [1.807, 2.05) is 68.0 Å². The van der Waals surface area contributed by atoms with E-state index >= 15 is 0 Å². The number of aryl methyl sites for hydroxylation is 2. The van der Waals surface area contributed by atoms with Gasteiger partial charge in [-0.3, -0.25) is 0 Å². The standard InChI is InChI=1S/C60H68N6S8Si/c1-5-9-13-17-21-37-23-25-45(67-37)47-29-27-43(69-47)39-33-41(61)53(57-55(39)63-73-65-57)49-35-51-59(71-49)60-52(75(51,31-19-15-11-7-3)32-20-16-12-8-4)36-50(72-60)54-42(62)34-40(56-58(54)66-74-64-56)44-28-30-48(70-44)46-26-24-38(68-46)22-18-14-10-6-2/h23-30,33-36H,5-22,31-32,61-62H2,1-4H3.